The van der Waals surface area contributed by atoms with Crippen LogP contribution < -0.4 is 5.32 Å². The van der Waals surface area contributed by atoms with Crippen LogP contribution in [-0.4, -0.2) is 30.8 Å². The molecule has 17 heavy (non-hydrogen) atoms. The molecule has 3 nitrogen and oxygen atoms in total. The Kier molecular flexibility index (Phi) is 4.17. The molecule has 1 aliphatic rings. The van der Waals surface area contributed by atoms with Crippen molar-refractivity contribution in [2.75, 3.05) is 19.8 Å². The molecule has 1 aliphatic heterocycles. The van der Waals surface area contributed by atoms with Gasteiger partial charge in [0.05, 0.1) is 11.6 Å². The Morgan fingerprint density at radius 2 is 2.41 bits per heavy atom. The Bertz CT molecular complexity index is 356. The zero-order chi connectivity index (χ0) is 12.3. The summed E-state index contributed by atoms with van der Waals surface area (Å²) in [4.78, 5) is 4.58. The molecule has 4 heteroatoms. The van der Waals surface area contributed by atoms with Crippen molar-refractivity contribution in [3.05, 3.63) is 16.1 Å². The first-order valence-electron chi connectivity index (χ1n) is 6.32. The first-order valence-corrected chi connectivity index (χ1v) is 7.20. The summed E-state index contributed by atoms with van der Waals surface area (Å²) in [5, 5.41) is 6.93. The van der Waals surface area contributed by atoms with Gasteiger partial charge in [-0.2, -0.15) is 0 Å². The molecule has 1 aromatic rings. The fourth-order valence-corrected chi connectivity index (χ4v) is 3.16. The summed E-state index contributed by atoms with van der Waals surface area (Å²) in [6, 6.07) is 0.533. The van der Waals surface area contributed by atoms with Gasteiger partial charge in [0, 0.05) is 42.1 Å². The van der Waals surface area contributed by atoms with Crippen molar-refractivity contribution < 1.29 is 4.74 Å². The number of hydrogen-bond donors (Lipinski definition) is 1. The number of ether oxygens (including phenoxy) is 1. The number of hydrogen-bond acceptors (Lipinski definition) is 4. The van der Waals surface area contributed by atoms with E-state index in [1.54, 1.807) is 11.3 Å². The van der Waals surface area contributed by atoms with Gasteiger partial charge in [-0.25, -0.2) is 4.98 Å². The second kappa shape index (κ2) is 5.46. The van der Waals surface area contributed by atoms with E-state index in [2.05, 4.69) is 36.5 Å². The second-order valence-electron chi connectivity index (χ2n) is 5.40. The van der Waals surface area contributed by atoms with Crippen LogP contribution in [0.3, 0.4) is 0 Å². The number of rotatable bonds is 5. The molecule has 0 amide bonds. The Hall–Kier alpha value is -0.450. The van der Waals surface area contributed by atoms with Crippen LogP contribution in [0.5, 0.6) is 0 Å². The minimum atomic E-state index is 0.258. The normalized spacial score (nSPS) is 24.7. The quantitative estimate of drug-likeness (QED) is 0.876. The maximum absolute atomic E-state index is 5.61. The highest BCUT2D eigenvalue weighted by Crippen LogP contribution is 2.33. The Morgan fingerprint density at radius 3 is 2.94 bits per heavy atom. The predicted octanol–water partition coefficient (Wildman–Crippen LogP) is 2.40. The van der Waals surface area contributed by atoms with Crippen molar-refractivity contribution in [3.63, 3.8) is 0 Å². The molecule has 0 bridgehead atoms. The van der Waals surface area contributed by atoms with Crippen molar-refractivity contribution >= 4 is 11.3 Å². The maximum atomic E-state index is 5.61. The van der Waals surface area contributed by atoms with Gasteiger partial charge < -0.3 is 10.1 Å². The third kappa shape index (κ3) is 3.50. The maximum Gasteiger partial charge on any atom is 0.0935 e. The lowest BCUT2D eigenvalue weighted by Crippen LogP contribution is -2.39. The number of thiazole rings is 1. The van der Waals surface area contributed by atoms with Crippen molar-refractivity contribution in [2.24, 2.45) is 5.41 Å². The van der Waals surface area contributed by atoms with E-state index in [4.69, 9.17) is 4.74 Å². The fourth-order valence-electron chi connectivity index (χ4n) is 2.22. The summed E-state index contributed by atoms with van der Waals surface area (Å²) in [7, 11) is 0. The topological polar surface area (TPSA) is 34.1 Å². The molecule has 1 fully saturated rings. The van der Waals surface area contributed by atoms with Crippen LogP contribution in [0.25, 0.3) is 0 Å². The summed E-state index contributed by atoms with van der Waals surface area (Å²) in [6.45, 7) is 9.23. The molecule has 2 rings (SSSR count). The van der Waals surface area contributed by atoms with Gasteiger partial charge in [0.25, 0.3) is 0 Å². The molecule has 0 radical (unpaired) electrons. The highest BCUT2D eigenvalue weighted by molar-refractivity contribution is 7.09. The van der Waals surface area contributed by atoms with Gasteiger partial charge in [0.2, 0.25) is 0 Å². The molecule has 1 atom stereocenters. The highest BCUT2D eigenvalue weighted by Gasteiger charge is 2.35. The lowest BCUT2D eigenvalue weighted by Gasteiger charge is -2.28. The molecule has 1 N–H and O–H groups in total. The summed E-state index contributed by atoms with van der Waals surface area (Å²) in [6.07, 6.45) is 2.19. The van der Waals surface area contributed by atoms with Crippen molar-refractivity contribution in [2.45, 2.75) is 39.7 Å². The van der Waals surface area contributed by atoms with Gasteiger partial charge >= 0.3 is 0 Å². The third-order valence-corrected chi connectivity index (χ3v) is 4.23. The zero-order valence-corrected chi connectivity index (χ0v) is 11.8. The molecule has 0 saturated carbocycles. The van der Waals surface area contributed by atoms with E-state index in [1.807, 2.05) is 0 Å². The van der Waals surface area contributed by atoms with Crippen molar-refractivity contribution in [1.82, 2.24) is 10.3 Å². The fraction of sp³-hybridized carbons (Fsp3) is 0.769. The minimum Gasteiger partial charge on any atom is -0.381 e. The Balaban J connectivity index is 2.01. The monoisotopic (exact) mass is 254 g/mol. The molecular formula is C13H22N2OS. The van der Waals surface area contributed by atoms with Gasteiger partial charge in [-0.15, -0.1) is 11.3 Å². The number of nitrogens with one attached hydrogen (secondary N) is 1. The first-order chi connectivity index (χ1) is 8.10. The smallest absolute Gasteiger partial charge is 0.0935 e. The number of aromatic nitrogens is 1. The van der Waals surface area contributed by atoms with E-state index in [0.29, 0.717) is 6.04 Å². The largest absolute Gasteiger partial charge is 0.381 e. The minimum absolute atomic E-state index is 0.258. The molecule has 1 unspecified atom stereocenters. The molecule has 0 spiro atoms. The molecule has 0 aromatic carbocycles. The van der Waals surface area contributed by atoms with Gasteiger partial charge in [0.15, 0.2) is 0 Å². The first kappa shape index (κ1) is 13.0. The summed E-state index contributed by atoms with van der Waals surface area (Å²) < 4.78 is 5.61. The molecule has 0 aliphatic carbocycles. The summed E-state index contributed by atoms with van der Waals surface area (Å²) >= 11 is 1.77. The van der Waals surface area contributed by atoms with Crippen LogP contribution in [0.1, 0.15) is 31.0 Å². The lowest BCUT2D eigenvalue weighted by atomic mass is 9.83. The molecule has 1 saturated heterocycles. The van der Waals surface area contributed by atoms with Gasteiger partial charge in [0.1, 0.15) is 0 Å². The Morgan fingerprint density at radius 1 is 1.59 bits per heavy atom. The standard InChI is InChI=1S/C13H22N2OS/c1-10(2)14-8-13(4-5-16-9-13)6-12-15-11(3)7-17-12/h7,10,14H,4-6,8-9H2,1-3H3. The van der Waals surface area contributed by atoms with E-state index in [-0.39, 0.29) is 5.41 Å². The zero-order valence-electron chi connectivity index (χ0n) is 11.0. The molecule has 2 heterocycles. The van der Waals surface area contributed by atoms with Crippen LogP contribution in [0.15, 0.2) is 5.38 Å². The highest BCUT2D eigenvalue weighted by atomic mass is 32.1. The van der Waals surface area contributed by atoms with Gasteiger partial charge in [-0.05, 0) is 13.3 Å². The molecular weight excluding hydrogens is 232 g/mol. The molecule has 96 valence electrons. The molecule has 1 aromatic heterocycles. The SMILES string of the molecule is Cc1csc(CC2(CNC(C)C)CCOC2)n1. The lowest BCUT2D eigenvalue weighted by molar-refractivity contribution is 0.148. The number of nitrogens with zero attached hydrogens (tertiary/aromatic N) is 1. The van der Waals surface area contributed by atoms with E-state index >= 15 is 0 Å². The van der Waals surface area contributed by atoms with E-state index in [1.165, 1.54) is 5.01 Å². The van der Waals surface area contributed by atoms with Crippen LogP contribution in [0.2, 0.25) is 0 Å². The summed E-state index contributed by atoms with van der Waals surface area (Å²) in [5.41, 5.74) is 1.39. The second-order valence-corrected chi connectivity index (χ2v) is 6.34. The average molecular weight is 254 g/mol. The summed E-state index contributed by atoms with van der Waals surface area (Å²) in [5.74, 6) is 0. The van der Waals surface area contributed by atoms with Crippen LogP contribution in [0, 0.1) is 12.3 Å². The van der Waals surface area contributed by atoms with Crippen LogP contribution >= 0.6 is 11.3 Å². The van der Waals surface area contributed by atoms with Crippen LogP contribution in [-0.2, 0) is 11.2 Å². The van der Waals surface area contributed by atoms with E-state index in [9.17, 15) is 0 Å². The van der Waals surface area contributed by atoms with Crippen LogP contribution in [0.4, 0.5) is 0 Å². The number of aryl methyl sites for hydroxylation is 1. The van der Waals surface area contributed by atoms with E-state index < -0.39 is 0 Å². The van der Waals surface area contributed by atoms with E-state index in [0.717, 1.165) is 38.3 Å². The van der Waals surface area contributed by atoms with Crippen molar-refractivity contribution in [1.29, 1.82) is 0 Å². The predicted molar refractivity (Wildman–Crippen MR) is 71.6 cm³/mol. The van der Waals surface area contributed by atoms with Crippen molar-refractivity contribution in [3.8, 4) is 0 Å². The third-order valence-electron chi connectivity index (χ3n) is 3.26. The van der Waals surface area contributed by atoms with Gasteiger partial charge in [-0.1, -0.05) is 13.8 Å². The van der Waals surface area contributed by atoms with Gasteiger partial charge in [-0.3, -0.25) is 0 Å². The average Bonchev–Trinajstić information content (AvgIpc) is 2.87. The Labute approximate surface area is 108 Å².